The Morgan fingerprint density at radius 3 is 2.62 bits per heavy atom. The quantitative estimate of drug-likeness (QED) is 0.748. The number of rotatable bonds is 6. The molecular formula is C15H20ClN3OS. The fourth-order valence-corrected chi connectivity index (χ4v) is 2.16. The first-order valence-corrected chi connectivity index (χ1v) is 7.66. The molecule has 0 saturated heterocycles. The third-order valence-electron chi connectivity index (χ3n) is 2.96. The van der Waals surface area contributed by atoms with Crippen molar-refractivity contribution in [3.63, 3.8) is 0 Å². The Morgan fingerprint density at radius 1 is 1.24 bits per heavy atom. The van der Waals surface area contributed by atoms with Crippen LogP contribution in [0.15, 0.2) is 46.0 Å². The summed E-state index contributed by atoms with van der Waals surface area (Å²) in [7, 11) is 0. The summed E-state index contributed by atoms with van der Waals surface area (Å²) in [6.07, 6.45) is 4.18. The number of benzene rings is 1. The van der Waals surface area contributed by atoms with Crippen molar-refractivity contribution >= 4 is 17.8 Å². The van der Waals surface area contributed by atoms with Gasteiger partial charge in [-0.05, 0) is 5.56 Å². The Hall–Kier alpha value is -1.30. The van der Waals surface area contributed by atoms with Crippen molar-refractivity contribution in [1.29, 1.82) is 0 Å². The molecule has 0 bridgehead atoms. The van der Waals surface area contributed by atoms with Gasteiger partial charge in [-0.2, -0.15) is 0 Å². The number of halogens is 1. The van der Waals surface area contributed by atoms with Crippen LogP contribution >= 0.6 is 11.8 Å². The second-order valence-corrected chi connectivity index (χ2v) is 5.85. The molecule has 1 aromatic heterocycles. The molecule has 0 aliphatic rings. The summed E-state index contributed by atoms with van der Waals surface area (Å²) in [6.45, 7) is 4.19. The molecule has 0 amide bonds. The summed E-state index contributed by atoms with van der Waals surface area (Å²) in [5.74, 6) is 1.82. The van der Waals surface area contributed by atoms with Gasteiger partial charge in [-0.3, -0.25) is 0 Å². The molecule has 0 unspecified atom stereocenters. The van der Waals surface area contributed by atoms with Crippen molar-refractivity contribution in [2.45, 2.75) is 25.1 Å². The minimum Gasteiger partial charge on any atom is -1.00 e. The number of nitrogens with zero attached hydrogens (tertiary/aromatic N) is 2. The number of hydrogen-bond acceptors (Lipinski definition) is 4. The molecule has 1 aromatic carbocycles. The van der Waals surface area contributed by atoms with Gasteiger partial charge in [0.25, 0.3) is 11.1 Å². The Morgan fingerprint density at radius 2 is 1.95 bits per heavy atom. The first-order valence-electron chi connectivity index (χ1n) is 6.67. The van der Waals surface area contributed by atoms with Crippen LogP contribution in [0.25, 0.3) is 6.08 Å². The number of quaternary nitrogens is 1. The molecule has 6 heteroatoms. The monoisotopic (exact) mass is 325 g/mol. The summed E-state index contributed by atoms with van der Waals surface area (Å²) >= 11 is 1.53. The molecule has 1 atom stereocenters. The topological polar surface area (TPSA) is 66.6 Å². The fourth-order valence-electron chi connectivity index (χ4n) is 1.58. The van der Waals surface area contributed by atoms with Crippen molar-refractivity contribution in [2.75, 3.05) is 5.75 Å². The average Bonchev–Trinajstić information content (AvgIpc) is 2.92. The number of aromatic nitrogens is 2. The fraction of sp³-hybridized carbons (Fsp3) is 0.333. The molecule has 0 aliphatic carbocycles. The first-order chi connectivity index (χ1) is 9.66. The van der Waals surface area contributed by atoms with E-state index in [9.17, 15) is 0 Å². The molecule has 114 valence electrons. The van der Waals surface area contributed by atoms with Crippen molar-refractivity contribution in [3.05, 3.63) is 47.9 Å². The van der Waals surface area contributed by atoms with Crippen LogP contribution in [0, 0.1) is 5.92 Å². The zero-order valence-corrected chi connectivity index (χ0v) is 13.8. The van der Waals surface area contributed by atoms with Crippen LogP contribution < -0.4 is 18.1 Å². The maximum Gasteiger partial charge on any atom is 0.277 e. The van der Waals surface area contributed by atoms with Gasteiger partial charge < -0.3 is 22.6 Å². The second-order valence-electron chi connectivity index (χ2n) is 4.88. The SMILES string of the molecule is CC(C)[C@H]([NH3+])c1nnc(SCC=Cc2ccccc2)o1.[Cl-]. The molecule has 0 fully saturated rings. The lowest BCUT2D eigenvalue weighted by Gasteiger charge is -2.05. The van der Waals surface area contributed by atoms with Gasteiger partial charge in [0.05, 0.1) is 0 Å². The molecule has 0 aliphatic heterocycles. The van der Waals surface area contributed by atoms with E-state index in [-0.39, 0.29) is 18.4 Å². The van der Waals surface area contributed by atoms with E-state index in [1.165, 1.54) is 17.3 Å². The highest BCUT2D eigenvalue weighted by molar-refractivity contribution is 7.99. The lowest BCUT2D eigenvalue weighted by molar-refractivity contribution is -0.443. The smallest absolute Gasteiger partial charge is 0.277 e. The Labute approximate surface area is 135 Å². The Bertz CT molecular complexity index is 557. The summed E-state index contributed by atoms with van der Waals surface area (Å²) in [5, 5.41) is 8.69. The predicted octanol–water partition coefficient (Wildman–Crippen LogP) is -0.182. The molecule has 1 heterocycles. The largest absolute Gasteiger partial charge is 1.00 e. The molecule has 0 radical (unpaired) electrons. The van der Waals surface area contributed by atoms with Crippen LogP contribution in [0.5, 0.6) is 0 Å². The Kier molecular flexibility index (Phi) is 7.50. The van der Waals surface area contributed by atoms with Gasteiger partial charge in [-0.25, -0.2) is 0 Å². The lowest BCUT2D eigenvalue weighted by atomic mass is 10.1. The molecule has 0 spiro atoms. The molecule has 2 rings (SSSR count). The van der Waals surface area contributed by atoms with Crippen LogP contribution in [-0.4, -0.2) is 16.0 Å². The van der Waals surface area contributed by atoms with Gasteiger partial charge in [-0.1, -0.05) is 68.1 Å². The second kappa shape index (κ2) is 8.87. The van der Waals surface area contributed by atoms with Crippen molar-refractivity contribution in [2.24, 2.45) is 5.92 Å². The standard InChI is InChI=1S/C15H19N3OS.ClH/c1-11(2)13(16)14-17-18-15(19-14)20-10-6-9-12-7-4-3-5-8-12;/h3-9,11,13H,10,16H2,1-2H3;1H/t13-;/m0./s1. The zero-order chi connectivity index (χ0) is 14.4. The highest BCUT2D eigenvalue weighted by Crippen LogP contribution is 2.21. The summed E-state index contributed by atoms with van der Waals surface area (Å²) in [4.78, 5) is 0. The highest BCUT2D eigenvalue weighted by atomic mass is 35.5. The molecule has 4 nitrogen and oxygen atoms in total. The maximum absolute atomic E-state index is 5.60. The number of hydrogen-bond donors (Lipinski definition) is 1. The van der Waals surface area contributed by atoms with Gasteiger partial charge in [0.15, 0.2) is 6.04 Å². The molecular weight excluding hydrogens is 306 g/mol. The zero-order valence-electron chi connectivity index (χ0n) is 12.2. The minimum absolute atomic E-state index is 0. The van der Waals surface area contributed by atoms with Gasteiger partial charge in [-0.15, -0.1) is 10.2 Å². The average molecular weight is 326 g/mol. The summed E-state index contributed by atoms with van der Waals surface area (Å²) < 4.78 is 5.60. The van der Waals surface area contributed by atoms with E-state index in [0.717, 1.165) is 5.75 Å². The number of thioether (sulfide) groups is 1. The maximum atomic E-state index is 5.60. The van der Waals surface area contributed by atoms with E-state index >= 15 is 0 Å². The molecule has 21 heavy (non-hydrogen) atoms. The normalized spacial score (nSPS) is 12.6. The van der Waals surface area contributed by atoms with Crippen LogP contribution in [0.1, 0.15) is 31.3 Å². The molecule has 3 N–H and O–H groups in total. The predicted molar refractivity (Wildman–Crippen MR) is 81.0 cm³/mol. The van der Waals surface area contributed by atoms with E-state index in [2.05, 4.69) is 54.1 Å². The van der Waals surface area contributed by atoms with Crippen molar-refractivity contribution in [1.82, 2.24) is 10.2 Å². The Balaban J connectivity index is 0.00000220. The van der Waals surface area contributed by atoms with E-state index in [1.807, 2.05) is 18.2 Å². The van der Waals surface area contributed by atoms with Gasteiger partial charge in [0.2, 0.25) is 0 Å². The van der Waals surface area contributed by atoms with E-state index in [0.29, 0.717) is 17.0 Å². The minimum atomic E-state index is 0. The van der Waals surface area contributed by atoms with E-state index in [1.54, 1.807) is 0 Å². The third-order valence-corrected chi connectivity index (χ3v) is 3.73. The van der Waals surface area contributed by atoms with Crippen LogP contribution in [0.4, 0.5) is 0 Å². The van der Waals surface area contributed by atoms with Crippen LogP contribution in [0.3, 0.4) is 0 Å². The van der Waals surface area contributed by atoms with Crippen LogP contribution in [0.2, 0.25) is 0 Å². The van der Waals surface area contributed by atoms with Crippen molar-refractivity contribution in [3.8, 4) is 0 Å². The first kappa shape index (κ1) is 17.8. The highest BCUT2D eigenvalue weighted by Gasteiger charge is 2.21. The van der Waals surface area contributed by atoms with E-state index in [4.69, 9.17) is 4.42 Å². The summed E-state index contributed by atoms with van der Waals surface area (Å²) in [5.41, 5.74) is 5.23. The molecule has 2 aromatic rings. The van der Waals surface area contributed by atoms with Crippen molar-refractivity contribution < 1.29 is 22.6 Å². The van der Waals surface area contributed by atoms with E-state index < -0.39 is 0 Å². The van der Waals surface area contributed by atoms with Crippen LogP contribution in [-0.2, 0) is 0 Å². The van der Waals surface area contributed by atoms with Gasteiger partial charge in [0.1, 0.15) is 0 Å². The van der Waals surface area contributed by atoms with Gasteiger partial charge in [0, 0.05) is 11.7 Å². The molecule has 0 saturated carbocycles. The van der Waals surface area contributed by atoms with Gasteiger partial charge >= 0.3 is 0 Å². The lowest BCUT2D eigenvalue weighted by Crippen LogP contribution is -3.00. The summed E-state index contributed by atoms with van der Waals surface area (Å²) in [6, 6.07) is 10.3. The third kappa shape index (κ3) is 5.53.